The summed E-state index contributed by atoms with van der Waals surface area (Å²) < 4.78 is 2.04. The summed E-state index contributed by atoms with van der Waals surface area (Å²) in [6, 6.07) is 7.65. The lowest BCUT2D eigenvalue weighted by Gasteiger charge is -2.06. The van der Waals surface area contributed by atoms with Gasteiger partial charge >= 0.3 is 0 Å². The van der Waals surface area contributed by atoms with E-state index >= 15 is 0 Å². The molecule has 0 atom stereocenters. The van der Waals surface area contributed by atoms with Crippen molar-refractivity contribution in [2.24, 2.45) is 5.73 Å². The zero-order valence-electron chi connectivity index (χ0n) is 8.66. The van der Waals surface area contributed by atoms with Crippen LogP contribution in [-0.2, 0) is 13.1 Å². The minimum atomic E-state index is 0.552. The molecular weight excluding hydrogens is 243 g/mol. The van der Waals surface area contributed by atoms with Crippen LogP contribution in [-0.4, -0.2) is 4.57 Å². The lowest BCUT2D eigenvalue weighted by Crippen LogP contribution is -1.98. The second-order valence-electron chi connectivity index (χ2n) is 3.61. The minimum Gasteiger partial charge on any atom is -0.350 e. The molecule has 2 N–H and O–H groups in total. The smallest absolute Gasteiger partial charge is 0.0642 e. The molecule has 0 saturated heterocycles. The van der Waals surface area contributed by atoms with Gasteiger partial charge in [-0.05, 0) is 23.3 Å². The second kappa shape index (κ2) is 4.91. The summed E-state index contributed by atoms with van der Waals surface area (Å²) in [5.74, 6) is 0. The Labute approximate surface area is 105 Å². The molecule has 1 aromatic carbocycles. The molecule has 0 saturated carbocycles. The summed E-state index contributed by atoms with van der Waals surface area (Å²) >= 11 is 12.1. The van der Waals surface area contributed by atoms with Gasteiger partial charge in [-0.25, -0.2) is 0 Å². The highest BCUT2D eigenvalue weighted by Crippen LogP contribution is 2.26. The van der Waals surface area contributed by atoms with Gasteiger partial charge in [0.15, 0.2) is 0 Å². The predicted molar refractivity (Wildman–Crippen MR) is 67.9 cm³/mol. The number of rotatable bonds is 3. The van der Waals surface area contributed by atoms with E-state index in [2.05, 4.69) is 0 Å². The summed E-state index contributed by atoms with van der Waals surface area (Å²) in [6.45, 7) is 1.26. The molecule has 0 amide bonds. The van der Waals surface area contributed by atoms with E-state index in [0.29, 0.717) is 23.1 Å². The third-order valence-electron chi connectivity index (χ3n) is 2.43. The first-order chi connectivity index (χ1) is 7.70. The van der Waals surface area contributed by atoms with Crippen molar-refractivity contribution in [1.82, 2.24) is 4.57 Å². The topological polar surface area (TPSA) is 30.9 Å². The average molecular weight is 255 g/mol. The van der Waals surface area contributed by atoms with Gasteiger partial charge in [-0.2, -0.15) is 0 Å². The standard InChI is InChI=1S/C12H12Cl2N2/c13-11-3-1-2-10(12(11)14)8-16-5-4-9(6-15)7-16/h1-5,7H,6,8,15H2. The Hall–Kier alpha value is -0.960. The number of benzene rings is 1. The van der Waals surface area contributed by atoms with Crippen molar-refractivity contribution in [3.05, 3.63) is 57.8 Å². The van der Waals surface area contributed by atoms with Crippen LogP contribution in [0.1, 0.15) is 11.1 Å². The molecule has 16 heavy (non-hydrogen) atoms. The maximum absolute atomic E-state index is 6.11. The number of nitrogens with two attached hydrogens (primary N) is 1. The summed E-state index contributed by atoms with van der Waals surface area (Å²) in [5.41, 5.74) is 7.67. The fraction of sp³-hybridized carbons (Fsp3) is 0.167. The summed E-state index contributed by atoms with van der Waals surface area (Å²) in [6.07, 6.45) is 4.00. The van der Waals surface area contributed by atoms with Gasteiger partial charge in [-0.15, -0.1) is 0 Å². The van der Waals surface area contributed by atoms with Crippen LogP contribution in [0.4, 0.5) is 0 Å². The number of hydrogen-bond acceptors (Lipinski definition) is 1. The van der Waals surface area contributed by atoms with Gasteiger partial charge in [0.1, 0.15) is 0 Å². The highest BCUT2D eigenvalue weighted by molar-refractivity contribution is 6.42. The van der Waals surface area contributed by atoms with Crippen LogP contribution in [0.15, 0.2) is 36.7 Å². The van der Waals surface area contributed by atoms with E-state index in [1.807, 2.05) is 35.2 Å². The van der Waals surface area contributed by atoms with E-state index in [0.717, 1.165) is 11.1 Å². The Bertz CT molecular complexity index is 492. The zero-order chi connectivity index (χ0) is 11.5. The molecular formula is C12H12Cl2N2. The van der Waals surface area contributed by atoms with E-state index in [1.165, 1.54) is 0 Å². The normalized spacial score (nSPS) is 10.7. The molecule has 0 radical (unpaired) electrons. The van der Waals surface area contributed by atoms with Gasteiger partial charge in [0.25, 0.3) is 0 Å². The molecule has 4 heteroatoms. The van der Waals surface area contributed by atoms with E-state index in [9.17, 15) is 0 Å². The van der Waals surface area contributed by atoms with E-state index in [4.69, 9.17) is 28.9 Å². The summed E-state index contributed by atoms with van der Waals surface area (Å²) in [5, 5.41) is 1.21. The van der Waals surface area contributed by atoms with Crippen molar-refractivity contribution in [3.8, 4) is 0 Å². The van der Waals surface area contributed by atoms with E-state index < -0.39 is 0 Å². The Morgan fingerprint density at radius 2 is 2.00 bits per heavy atom. The van der Waals surface area contributed by atoms with Gasteiger partial charge < -0.3 is 10.3 Å². The lowest BCUT2D eigenvalue weighted by molar-refractivity contribution is 0.802. The number of halogens is 2. The quantitative estimate of drug-likeness (QED) is 0.896. The van der Waals surface area contributed by atoms with Crippen molar-refractivity contribution < 1.29 is 0 Å². The second-order valence-corrected chi connectivity index (χ2v) is 4.39. The van der Waals surface area contributed by atoms with Gasteiger partial charge in [-0.3, -0.25) is 0 Å². The van der Waals surface area contributed by atoms with Crippen molar-refractivity contribution >= 4 is 23.2 Å². The Morgan fingerprint density at radius 3 is 2.69 bits per heavy atom. The zero-order valence-corrected chi connectivity index (χ0v) is 10.2. The minimum absolute atomic E-state index is 0.552. The molecule has 0 unspecified atom stereocenters. The fourth-order valence-corrected chi connectivity index (χ4v) is 1.96. The Morgan fingerprint density at radius 1 is 1.19 bits per heavy atom. The molecule has 0 aliphatic rings. The monoisotopic (exact) mass is 254 g/mol. The van der Waals surface area contributed by atoms with Crippen LogP contribution in [0.3, 0.4) is 0 Å². The number of hydrogen-bond donors (Lipinski definition) is 1. The van der Waals surface area contributed by atoms with Crippen molar-refractivity contribution in [3.63, 3.8) is 0 Å². The van der Waals surface area contributed by atoms with Gasteiger partial charge in [0.2, 0.25) is 0 Å². The number of aromatic nitrogens is 1. The van der Waals surface area contributed by atoms with Crippen molar-refractivity contribution in [2.45, 2.75) is 13.1 Å². The molecule has 0 aliphatic heterocycles. The molecule has 2 aromatic rings. The van der Waals surface area contributed by atoms with Gasteiger partial charge in [-0.1, -0.05) is 35.3 Å². The van der Waals surface area contributed by atoms with Crippen LogP contribution >= 0.6 is 23.2 Å². The van der Waals surface area contributed by atoms with Crippen LogP contribution in [0, 0.1) is 0 Å². The lowest BCUT2D eigenvalue weighted by atomic mass is 10.2. The van der Waals surface area contributed by atoms with Crippen molar-refractivity contribution in [1.29, 1.82) is 0 Å². The molecule has 0 bridgehead atoms. The van der Waals surface area contributed by atoms with Crippen LogP contribution in [0.2, 0.25) is 10.0 Å². The van der Waals surface area contributed by atoms with Crippen LogP contribution < -0.4 is 5.73 Å². The van der Waals surface area contributed by atoms with Crippen LogP contribution in [0.5, 0.6) is 0 Å². The third kappa shape index (κ3) is 2.40. The molecule has 2 rings (SSSR count). The largest absolute Gasteiger partial charge is 0.350 e. The highest BCUT2D eigenvalue weighted by Gasteiger charge is 2.04. The summed E-state index contributed by atoms with van der Waals surface area (Å²) in [4.78, 5) is 0. The first kappa shape index (κ1) is 11.5. The van der Waals surface area contributed by atoms with E-state index in [-0.39, 0.29) is 0 Å². The fourth-order valence-electron chi connectivity index (χ4n) is 1.58. The molecule has 1 aromatic heterocycles. The maximum Gasteiger partial charge on any atom is 0.0642 e. The van der Waals surface area contributed by atoms with Gasteiger partial charge in [0, 0.05) is 25.5 Å². The SMILES string of the molecule is NCc1ccn(Cc2cccc(Cl)c2Cl)c1. The third-order valence-corrected chi connectivity index (χ3v) is 3.29. The highest BCUT2D eigenvalue weighted by atomic mass is 35.5. The maximum atomic E-state index is 6.11. The average Bonchev–Trinajstić information content (AvgIpc) is 2.73. The van der Waals surface area contributed by atoms with Crippen molar-refractivity contribution in [2.75, 3.05) is 0 Å². The Balaban J connectivity index is 2.23. The van der Waals surface area contributed by atoms with Gasteiger partial charge in [0.05, 0.1) is 10.0 Å². The molecule has 2 nitrogen and oxygen atoms in total. The molecule has 0 aliphatic carbocycles. The molecule has 0 fully saturated rings. The first-order valence-corrected chi connectivity index (χ1v) is 5.74. The summed E-state index contributed by atoms with van der Waals surface area (Å²) in [7, 11) is 0. The number of nitrogens with zero attached hydrogens (tertiary/aromatic N) is 1. The molecule has 0 spiro atoms. The molecule has 1 heterocycles. The predicted octanol–water partition coefficient (Wildman–Crippen LogP) is 3.30. The van der Waals surface area contributed by atoms with E-state index in [1.54, 1.807) is 6.07 Å². The van der Waals surface area contributed by atoms with Crippen LogP contribution in [0.25, 0.3) is 0 Å². The Kier molecular flexibility index (Phi) is 3.54. The molecule has 84 valence electrons. The first-order valence-electron chi connectivity index (χ1n) is 4.98.